The summed E-state index contributed by atoms with van der Waals surface area (Å²) in [6.45, 7) is 0. The number of hydrogen-bond donors (Lipinski definition) is 0. The highest BCUT2D eigenvalue weighted by molar-refractivity contribution is 5.73. The normalized spacial score (nSPS) is 10.0. The lowest BCUT2D eigenvalue weighted by molar-refractivity contribution is 1.12. The Kier molecular flexibility index (Phi) is 3.66. The van der Waals surface area contributed by atoms with E-state index < -0.39 is 0 Å². The Balaban J connectivity index is 2.14. The molecule has 21 heavy (non-hydrogen) atoms. The van der Waals surface area contributed by atoms with Crippen LogP contribution in [0.15, 0.2) is 61.3 Å². The number of nitriles is 1. The maximum atomic E-state index is 8.96. The molecular weight excluding hydrogens is 260 g/mol. The van der Waals surface area contributed by atoms with Gasteiger partial charge in [-0.05, 0) is 18.2 Å². The molecule has 0 atom stereocenters. The van der Waals surface area contributed by atoms with Crippen LogP contribution in [0.2, 0.25) is 0 Å². The molecule has 3 rings (SSSR count). The fourth-order valence-corrected chi connectivity index (χ4v) is 2.17. The lowest BCUT2D eigenvalue weighted by Gasteiger charge is -2.09. The number of pyridine rings is 3. The average molecular weight is 272 g/mol. The number of nitrogens with zero attached hydrogens (tertiary/aromatic N) is 4. The molecule has 0 unspecified atom stereocenters. The van der Waals surface area contributed by atoms with Gasteiger partial charge in [0.05, 0.1) is 18.2 Å². The van der Waals surface area contributed by atoms with E-state index in [-0.39, 0.29) is 6.42 Å². The van der Waals surface area contributed by atoms with Crippen molar-refractivity contribution in [1.29, 1.82) is 5.26 Å². The zero-order valence-corrected chi connectivity index (χ0v) is 11.3. The van der Waals surface area contributed by atoms with E-state index in [9.17, 15) is 0 Å². The third-order valence-corrected chi connectivity index (χ3v) is 3.18. The van der Waals surface area contributed by atoms with Gasteiger partial charge in [0.2, 0.25) is 0 Å². The molecule has 0 aliphatic rings. The van der Waals surface area contributed by atoms with Gasteiger partial charge in [0.25, 0.3) is 0 Å². The summed E-state index contributed by atoms with van der Waals surface area (Å²) >= 11 is 0. The Morgan fingerprint density at radius 2 is 1.62 bits per heavy atom. The van der Waals surface area contributed by atoms with Crippen LogP contribution < -0.4 is 0 Å². The molecule has 0 saturated heterocycles. The Hall–Kier alpha value is -3.06. The summed E-state index contributed by atoms with van der Waals surface area (Å²) in [5.41, 5.74) is 4.63. The van der Waals surface area contributed by atoms with Crippen molar-refractivity contribution in [3.05, 3.63) is 67.0 Å². The summed E-state index contributed by atoms with van der Waals surface area (Å²) in [4.78, 5) is 12.7. The average Bonchev–Trinajstić information content (AvgIpc) is 2.57. The van der Waals surface area contributed by atoms with Gasteiger partial charge in [0, 0.05) is 53.2 Å². The second-order valence-electron chi connectivity index (χ2n) is 4.54. The third-order valence-electron chi connectivity index (χ3n) is 3.18. The third kappa shape index (κ3) is 2.77. The van der Waals surface area contributed by atoms with Crippen LogP contribution in [0.3, 0.4) is 0 Å². The fraction of sp³-hybridized carbons (Fsp3) is 0.0588. The van der Waals surface area contributed by atoms with E-state index in [4.69, 9.17) is 5.26 Å². The predicted octanol–water partition coefficient (Wildman–Crippen LogP) is 3.27. The van der Waals surface area contributed by atoms with Crippen molar-refractivity contribution >= 4 is 0 Å². The van der Waals surface area contributed by atoms with E-state index in [2.05, 4.69) is 21.0 Å². The second-order valence-corrected chi connectivity index (χ2v) is 4.54. The minimum atomic E-state index is 0.275. The smallest absolute Gasteiger partial charge is 0.0781 e. The Morgan fingerprint density at radius 1 is 0.905 bits per heavy atom. The predicted molar refractivity (Wildman–Crippen MR) is 80.0 cm³/mol. The molecule has 4 heteroatoms. The first-order valence-electron chi connectivity index (χ1n) is 6.55. The van der Waals surface area contributed by atoms with Gasteiger partial charge in [-0.3, -0.25) is 15.0 Å². The largest absolute Gasteiger partial charge is 0.264 e. The SMILES string of the molecule is N#CCc1ncc(-c2cccnc2)cc1-c1cccnc1. The van der Waals surface area contributed by atoms with Gasteiger partial charge in [0.1, 0.15) is 0 Å². The van der Waals surface area contributed by atoms with E-state index in [0.29, 0.717) is 0 Å². The number of rotatable bonds is 3. The molecular formula is C17H12N4. The number of aromatic nitrogens is 3. The summed E-state index contributed by atoms with van der Waals surface area (Å²) in [6.07, 6.45) is 9.11. The summed E-state index contributed by atoms with van der Waals surface area (Å²) in [6, 6.07) is 11.9. The molecule has 0 saturated carbocycles. The molecule has 0 radical (unpaired) electrons. The van der Waals surface area contributed by atoms with E-state index in [1.165, 1.54) is 0 Å². The highest BCUT2D eigenvalue weighted by atomic mass is 14.7. The lowest BCUT2D eigenvalue weighted by atomic mass is 10.00. The summed E-state index contributed by atoms with van der Waals surface area (Å²) in [7, 11) is 0. The molecule has 0 N–H and O–H groups in total. The molecule has 3 heterocycles. The van der Waals surface area contributed by atoms with Crippen molar-refractivity contribution in [3.63, 3.8) is 0 Å². The van der Waals surface area contributed by atoms with Crippen LogP contribution in [0.25, 0.3) is 22.3 Å². The van der Waals surface area contributed by atoms with Crippen LogP contribution in [0.4, 0.5) is 0 Å². The van der Waals surface area contributed by atoms with Gasteiger partial charge in [-0.15, -0.1) is 0 Å². The minimum absolute atomic E-state index is 0.275. The van der Waals surface area contributed by atoms with Crippen LogP contribution in [0, 0.1) is 11.3 Å². The summed E-state index contributed by atoms with van der Waals surface area (Å²) < 4.78 is 0. The minimum Gasteiger partial charge on any atom is -0.264 e. The molecule has 3 aromatic rings. The van der Waals surface area contributed by atoms with E-state index >= 15 is 0 Å². The molecule has 0 bridgehead atoms. The monoisotopic (exact) mass is 272 g/mol. The Morgan fingerprint density at radius 3 is 2.24 bits per heavy atom. The molecule has 0 fully saturated rings. The van der Waals surface area contributed by atoms with Gasteiger partial charge < -0.3 is 0 Å². The van der Waals surface area contributed by atoms with Gasteiger partial charge in [-0.25, -0.2) is 0 Å². The summed E-state index contributed by atoms with van der Waals surface area (Å²) in [5, 5.41) is 8.96. The highest BCUT2D eigenvalue weighted by Gasteiger charge is 2.09. The highest BCUT2D eigenvalue weighted by Crippen LogP contribution is 2.27. The van der Waals surface area contributed by atoms with Crippen LogP contribution >= 0.6 is 0 Å². The van der Waals surface area contributed by atoms with Crippen LogP contribution in [-0.2, 0) is 6.42 Å². The molecule has 0 aliphatic carbocycles. The first kappa shape index (κ1) is 12.9. The first-order valence-corrected chi connectivity index (χ1v) is 6.55. The van der Waals surface area contributed by atoms with E-state index in [0.717, 1.165) is 27.9 Å². The van der Waals surface area contributed by atoms with Crippen molar-refractivity contribution < 1.29 is 0 Å². The quantitative estimate of drug-likeness (QED) is 0.734. The molecule has 4 nitrogen and oxygen atoms in total. The van der Waals surface area contributed by atoms with Crippen LogP contribution in [0.5, 0.6) is 0 Å². The van der Waals surface area contributed by atoms with Crippen molar-refractivity contribution in [2.45, 2.75) is 6.42 Å². The van der Waals surface area contributed by atoms with Crippen molar-refractivity contribution in [3.8, 4) is 28.3 Å². The molecule has 0 aromatic carbocycles. The zero-order chi connectivity index (χ0) is 14.5. The second kappa shape index (κ2) is 5.93. The maximum Gasteiger partial charge on any atom is 0.0781 e. The molecule has 100 valence electrons. The van der Waals surface area contributed by atoms with Crippen molar-refractivity contribution in [1.82, 2.24) is 15.0 Å². The first-order chi connectivity index (χ1) is 10.4. The van der Waals surface area contributed by atoms with Gasteiger partial charge in [0.15, 0.2) is 0 Å². The van der Waals surface area contributed by atoms with Crippen molar-refractivity contribution in [2.24, 2.45) is 0 Å². The Labute approximate surface area is 122 Å². The lowest BCUT2D eigenvalue weighted by Crippen LogP contribution is -1.95. The fourth-order valence-electron chi connectivity index (χ4n) is 2.17. The standard InChI is InChI=1S/C17H12N4/c18-6-5-17-16(14-4-2-8-20-11-14)9-15(12-21-17)13-3-1-7-19-10-13/h1-4,7-12H,5H2. The topological polar surface area (TPSA) is 62.5 Å². The van der Waals surface area contributed by atoms with E-state index in [1.807, 2.05) is 30.3 Å². The number of hydrogen-bond acceptors (Lipinski definition) is 4. The van der Waals surface area contributed by atoms with Gasteiger partial charge in [-0.1, -0.05) is 12.1 Å². The maximum absolute atomic E-state index is 8.96. The van der Waals surface area contributed by atoms with Gasteiger partial charge >= 0.3 is 0 Å². The molecule has 0 spiro atoms. The van der Waals surface area contributed by atoms with E-state index in [1.54, 1.807) is 31.0 Å². The molecule has 3 aromatic heterocycles. The van der Waals surface area contributed by atoms with Crippen LogP contribution in [-0.4, -0.2) is 15.0 Å². The zero-order valence-electron chi connectivity index (χ0n) is 11.3. The van der Waals surface area contributed by atoms with Crippen LogP contribution in [0.1, 0.15) is 5.69 Å². The molecule has 0 aliphatic heterocycles. The summed E-state index contributed by atoms with van der Waals surface area (Å²) in [5.74, 6) is 0. The van der Waals surface area contributed by atoms with Crippen molar-refractivity contribution in [2.75, 3.05) is 0 Å². The Bertz CT molecular complexity index is 777. The van der Waals surface area contributed by atoms with Gasteiger partial charge in [-0.2, -0.15) is 5.26 Å². The molecule has 0 amide bonds.